The average Bonchev–Trinajstić information content (AvgIpc) is 2.85. The molecule has 1 N–H and O–H groups in total. The van der Waals surface area contributed by atoms with Crippen LogP contribution in [0, 0.1) is 6.92 Å². The molecule has 0 radical (unpaired) electrons. The van der Waals surface area contributed by atoms with E-state index in [1.165, 1.54) is 17.6 Å². The van der Waals surface area contributed by atoms with Crippen LogP contribution in [0.4, 0.5) is 0 Å². The van der Waals surface area contributed by atoms with Gasteiger partial charge in [-0.05, 0) is 41.6 Å². The second-order valence-corrected chi connectivity index (χ2v) is 6.28. The molecule has 2 rings (SSSR count). The molecule has 20 heavy (non-hydrogen) atoms. The van der Waals surface area contributed by atoms with Crippen molar-refractivity contribution in [2.24, 2.45) is 0 Å². The summed E-state index contributed by atoms with van der Waals surface area (Å²) >= 11 is 5.26. The highest BCUT2D eigenvalue weighted by Gasteiger charge is 2.08. The summed E-state index contributed by atoms with van der Waals surface area (Å²) in [6, 6.07) is 7.64. The molecule has 0 aliphatic heterocycles. The molecule has 0 fully saturated rings. The van der Waals surface area contributed by atoms with E-state index in [1.54, 1.807) is 23.5 Å². The first-order valence-corrected chi connectivity index (χ1v) is 7.89. The SMILES string of the molecule is COC(=O)c1ccc(CNCc2sccc2C)c(Br)c1. The molecule has 0 spiro atoms. The van der Waals surface area contributed by atoms with Gasteiger partial charge in [0.2, 0.25) is 0 Å². The zero-order chi connectivity index (χ0) is 14.5. The Morgan fingerprint density at radius 1 is 1.35 bits per heavy atom. The summed E-state index contributed by atoms with van der Waals surface area (Å²) < 4.78 is 5.61. The van der Waals surface area contributed by atoms with Gasteiger partial charge in [-0.1, -0.05) is 22.0 Å². The van der Waals surface area contributed by atoms with Gasteiger partial charge < -0.3 is 10.1 Å². The number of carbonyl (C=O) groups is 1. The lowest BCUT2D eigenvalue weighted by Gasteiger charge is -2.08. The number of nitrogens with one attached hydrogen (secondary N) is 1. The molecule has 2 aromatic rings. The molecule has 0 saturated carbocycles. The van der Waals surface area contributed by atoms with Crippen molar-refractivity contribution < 1.29 is 9.53 Å². The van der Waals surface area contributed by atoms with Crippen molar-refractivity contribution in [3.63, 3.8) is 0 Å². The van der Waals surface area contributed by atoms with Crippen molar-refractivity contribution in [1.29, 1.82) is 0 Å². The fourth-order valence-corrected chi connectivity index (χ4v) is 3.23. The number of benzene rings is 1. The van der Waals surface area contributed by atoms with Gasteiger partial charge >= 0.3 is 5.97 Å². The normalized spacial score (nSPS) is 10.6. The standard InChI is InChI=1S/C15H16BrNO2S/c1-10-5-6-20-14(10)9-17-8-12-4-3-11(7-13(12)16)15(18)19-2/h3-7,17H,8-9H2,1-2H3. The molecule has 0 atom stereocenters. The fourth-order valence-electron chi connectivity index (χ4n) is 1.83. The molecule has 0 saturated heterocycles. The Kier molecular flexibility index (Phi) is 5.34. The van der Waals surface area contributed by atoms with Crippen LogP contribution in [-0.4, -0.2) is 13.1 Å². The number of hydrogen-bond acceptors (Lipinski definition) is 4. The Hall–Kier alpha value is -1.17. The summed E-state index contributed by atoms with van der Waals surface area (Å²) in [6.45, 7) is 3.72. The third-order valence-electron chi connectivity index (χ3n) is 3.04. The first-order chi connectivity index (χ1) is 9.61. The number of halogens is 1. The number of rotatable bonds is 5. The number of methoxy groups -OCH3 is 1. The van der Waals surface area contributed by atoms with Gasteiger partial charge in [-0.25, -0.2) is 4.79 Å². The van der Waals surface area contributed by atoms with Crippen LogP contribution >= 0.6 is 27.3 Å². The molecule has 1 heterocycles. The van der Waals surface area contributed by atoms with E-state index in [2.05, 4.69) is 39.6 Å². The van der Waals surface area contributed by atoms with Crippen LogP contribution in [0.3, 0.4) is 0 Å². The second-order valence-electron chi connectivity index (χ2n) is 4.43. The molecule has 1 aromatic carbocycles. The van der Waals surface area contributed by atoms with Crippen LogP contribution in [0.2, 0.25) is 0 Å². The molecule has 1 aromatic heterocycles. The van der Waals surface area contributed by atoms with Crippen molar-refractivity contribution in [2.45, 2.75) is 20.0 Å². The van der Waals surface area contributed by atoms with Crippen LogP contribution < -0.4 is 5.32 Å². The summed E-state index contributed by atoms with van der Waals surface area (Å²) in [5, 5.41) is 5.52. The maximum Gasteiger partial charge on any atom is 0.337 e. The molecular formula is C15H16BrNO2S. The lowest BCUT2D eigenvalue weighted by Crippen LogP contribution is -2.13. The number of carbonyl (C=O) groups excluding carboxylic acids is 1. The molecule has 0 amide bonds. The Labute approximate surface area is 131 Å². The summed E-state index contributed by atoms with van der Waals surface area (Å²) in [6.07, 6.45) is 0. The van der Waals surface area contributed by atoms with Gasteiger partial charge in [0.25, 0.3) is 0 Å². The smallest absolute Gasteiger partial charge is 0.337 e. The van der Waals surface area contributed by atoms with E-state index in [1.807, 2.05) is 6.07 Å². The van der Waals surface area contributed by atoms with Crippen molar-refractivity contribution in [1.82, 2.24) is 5.32 Å². The van der Waals surface area contributed by atoms with Crippen molar-refractivity contribution in [3.05, 3.63) is 55.7 Å². The van der Waals surface area contributed by atoms with Crippen molar-refractivity contribution in [2.75, 3.05) is 7.11 Å². The zero-order valence-corrected chi connectivity index (χ0v) is 13.8. The highest BCUT2D eigenvalue weighted by Crippen LogP contribution is 2.20. The average molecular weight is 354 g/mol. The summed E-state index contributed by atoms with van der Waals surface area (Å²) in [5.74, 6) is -0.320. The van der Waals surface area contributed by atoms with Gasteiger partial charge in [0, 0.05) is 22.4 Å². The summed E-state index contributed by atoms with van der Waals surface area (Å²) in [5.41, 5.74) is 2.99. The van der Waals surface area contributed by atoms with Crippen LogP contribution in [0.25, 0.3) is 0 Å². The highest BCUT2D eigenvalue weighted by molar-refractivity contribution is 9.10. The van der Waals surface area contributed by atoms with E-state index in [0.29, 0.717) is 5.56 Å². The Morgan fingerprint density at radius 3 is 2.75 bits per heavy atom. The molecular weight excluding hydrogens is 338 g/mol. The van der Waals surface area contributed by atoms with E-state index in [0.717, 1.165) is 23.1 Å². The maximum absolute atomic E-state index is 11.4. The molecule has 3 nitrogen and oxygen atoms in total. The van der Waals surface area contributed by atoms with Crippen LogP contribution in [0.15, 0.2) is 34.1 Å². The third kappa shape index (κ3) is 3.69. The maximum atomic E-state index is 11.4. The molecule has 0 bridgehead atoms. The Morgan fingerprint density at radius 2 is 2.15 bits per heavy atom. The minimum atomic E-state index is -0.320. The van der Waals surface area contributed by atoms with Gasteiger partial charge in [-0.2, -0.15) is 0 Å². The zero-order valence-electron chi connectivity index (χ0n) is 11.4. The molecule has 106 valence electrons. The topological polar surface area (TPSA) is 38.3 Å². The molecule has 0 unspecified atom stereocenters. The van der Waals surface area contributed by atoms with Gasteiger partial charge in [-0.15, -0.1) is 11.3 Å². The first-order valence-electron chi connectivity index (χ1n) is 6.22. The lowest BCUT2D eigenvalue weighted by atomic mass is 10.1. The van der Waals surface area contributed by atoms with Gasteiger partial charge in [0.05, 0.1) is 12.7 Å². The minimum Gasteiger partial charge on any atom is -0.465 e. The van der Waals surface area contributed by atoms with Crippen molar-refractivity contribution in [3.8, 4) is 0 Å². The predicted octanol–water partition coefficient (Wildman–Crippen LogP) is 3.90. The van der Waals surface area contributed by atoms with E-state index < -0.39 is 0 Å². The minimum absolute atomic E-state index is 0.320. The van der Waals surface area contributed by atoms with Crippen LogP contribution in [0.5, 0.6) is 0 Å². The van der Waals surface area contributed by atoms with E-state index in [4.69, 9.17) is 4.74 Å². The number of thiophene rings is 1. The molecule has 0 aliphatic carbocycles. The van der Waals surface area contributed by atoms with Gasteiger partial charge in [0.15, 0.2) is 0 Å². The molecule has 0 aliphatic rings. The van der Waals surface area contributed by atoms with Crippen LogP contribution in [-0.2, 0) is 17.8 Å². The van der Waals surface area contributed by atoms with E-state index in [-0.39, 0.29) is 5.97 Å². The predicted molar refractivity (Wildman–Crippen MR) is 85.1 cm³/mol. The quantitative estimate of drug-likeness (QED) is 0.828. The van der Waals surface area contributed by atoms with Crippen molar-refractivity contribution >= 4 is 33.2 Å². The monoisotopic (exact) mass is 353 g/mol. The van der Waals surface area contributed by atoms with E-state index >= 15 is 0 Å². The second kappa shape index (κ2) is 7.02. The van der Waals surface area contributed by atoms with E-state index in [9.17, 15) is 4.79 Å². The fraction of sp³-hybridized carbons (Fsp3) is 0.267. The lowest BCUT2D eigenvalue weighted by molar-refractivity contribution is 0.0600. The number of aryl methyl sites for hydroxylation is 1. The highest BCUT2D eigenvalue weighted by atomic mass is 79.9. The van der Waals surface area contributed by atoms with Gasteiger partial charge in [-0.3, -0.25) is 0 Å². The first kappa shape index (κ1) is 15.2. The van der Waals surface area contributed by atoms with Gasteiger partial charge in [0.1, 0.15) is 0 Å². The number of hydrogen-bond donors (Lipinski definition) is 1. The number of ether oxygens (including phenoxy) is 1. The Balaban J connectivity index is 1.96. The van der Waals surface area contributed by atoms with Crippen LogP contribution in [0.1, 0.15) is 26.4 Å². The summed E-state index contributed by atoms with van der Waals surface area (Å²) in [4.78, 5) is 12.8. The number of esters is 1. The Bertz CT molecular complexity index is 610. The summed E-state index contributed by atoms with van der Waals surface area (Å²) in [7, 11) is 1.38. The third-order valence-corrected chi connectivity index (χ3v) is 4.80. The molecule has 5 heteroatoms. The largest absolute Gasteiger partial charge is 0.465 e.